The number of benzene rings is 2. The fourth-order valence-electron chi connectivity index (χ4n) is 3.77. The number of thiocarbonyl (C=S) groups is 1. The van der Waals surface area contributed by atoms with Crippen LogP contribution in [0.3, 0.4) is 0 Å². The van der Waals surface area contributed by atoms with Gasteiger partial charge in [-0.3, -0.25) is 19.8 Å². The molecule has 6 nitrogen and oxygen atoms in total. The quantitative estimate of drug-likeness (QED) is 0.438. The monoisotopic (exact) mass is 439 g/mol. The van der Waals surface area contributed by atoms with Crippen LogP contribution in [0, 0.1) is 5.82 Å². The molecule has 2 aromatic carbocycles. The number of nitrogens with one attached hydrogen (secondary N) is 1. The first-order valence-corrected chi connectivity index (χ1v) is 10.6. The third-order valence-corrected chi connectivity index (χ3v) is 5.50. The molecule has 0 saturated carbocycles. The lowest BCUT2D eigenvalue weighted by atomic mass is 10.1. The second-order valence-corrected chi connectivity index (χ2v) is 7.68. The van der Waals surface area contributed by atoms with E-state index >= 15 is 0 Å². The first-order chi connectivity index (χ1) is 15.0. The molecule has 0 spiro atoms. The molecule has 0 atom stereocenters. The lowest BCUT2D eigenvalue weighted by Crippen LogP contribution is -2.54. The molecule has 1 N–H and O–H groups in total. The summed E-state index contributed by atoms with van der Waals surface area (Å²) in [6.07, 6.45) is 3.47. The molecule has 0 radical (unpaired) electrons. The Morgan fingerprint density at radius 2 is 1.94 bits per heavy atom. The molecule has 2 aliphatic heterocycles. The van der Waals surface area contributed by atoms with Crippen molar-refractivity contribution in [3.05, 3.63) is 59.4 Å². The molecular weight excluding hydrogens is 417 g/mol. The summed E-state index contributed by atoms with van der Waals surface area (Å²) < 4.78 is 20.2. The summed E-state index contributed by atoms with van der Waals surface area (Å²) in [5, 5.41) is 2.52. The van der Waals surface area contributed by atoms with Crippen LogP contribution in [0.25, 0.3) is 6.08 Å². The normalized spacial score (nSPS) is 18.0. The van der Waals surface area contributed by atoms with E-state index in [0.717, 1.165) is 25.9 Å². The van der Waals surface area contributed by atoms with Gasteiger partial charge in [0.15, 0.2) is 5.11 Å². The SMILES string of the molecule is CCOc1cccc(N2C(=O)/C(=C/c3ccc(N4CCCC4)c(F)c3)C(=O)NC2=S)c1. The smallest absolute Gasteiger partial charge is 0.270 e. The minimum atomic E-state index is -0.615. The van der Waals surface area contributed by atoms with Gasteiger partial charge in [-0.15, -0.1) is 0 Å². The minimum absolute atomic E-state index is 0.0173. The van der Waals surface area contributed by atoms with E-state index in [1.165, 1.54) is 17.0 Å². The Hall–Kier alpha value is -3.26. The fraction of sp³-hybridized carbons (Fsp3) is 0.261. The summed E-state index contributed by atoms with van der Waals surface area (Å²) in [5.41, 5.74) is 1.32. The van der Waals surface area contributed by atoms with Gasteiger partial charge in [0.1, 0.15) is 17.1 Å². The molecule has 0 bridgehead atoms. The highest BCUT2D eigenvalue weighted by Crippen LogP contribution is 2.28. The third kappa shape index (κ3) is 4.29. The van der Waals surface area contributed by atoms with Crippen LogP contribution < -0.4 is 19.9 Å². The predicted molar refractivity (Wildman–Crippen MR) is 122 cm³/mol. The van der Waals surface area contributed by atoms with Gasteiger partial charge in [-0.2, -0.15) is 0 Å². The van der Waals surface area contributed by atoms with Gasteiger partial charge in [-0.25, -0.2) is 4.39 Å². The van der Waals surface area contributed by atoms with Crippen LogP contribution >= 0.6 is 12.2 Å². The van der Waals surface area contributed by atoms with Crippen molar-refractivity contribution in [1.82, 2.24) is 5.32 Å². The van der Waals surface area contributed by atoms with Gasteiger partial charge in [0.25, 0.3) is 11.8 Å². The topological polar surface area (TPSA) is 61.9 Å². The van der Waals surface area contributed by atoms with Crippen molar-refractivity contribution in [2.24, 2.45) is 0 Å². The first kappa shape index (κ1) is 21.0. The summed E-state index contributed by atoms with van der Waals surface area (Å²) in [6, 6.07) is 11.6. The van der Waals surface area contributed by atoms with Crippen molar-refractivity contribution in [3.8, 4) is 5.75 Å². The Labute approximate surface area is 185 Å². The molecule has 2 aliphatic rings. The zero-order chi connectivity index (χ0) is 22.0. The molecule has 2 fully saturated rings. The van der Waals surface area contributed by atoms with Gasteiger partial charge in [0, 0.05) is 19.2 Å². The van der Waals surface area contributed by atoms with Crippen molar-refractivity contribution in [3.63, 3.8) is 0 Å². The van der Waals surface area contributed by atoms with Gasteiger partial charge < -0.3 is 9.64 Å². The second kappa shape index (κ2) is 8.85. The second-order valence-electron chi connectivity index (χ2n) is 7.29. The van der Waals surface area contributed by atoms with Crippen molar-refractivity contribution in [1.29, 1.82) is 0 Å². The predicted octanol–water partition coefficient (Wildman–Crippen LogP) is 3.66. The van der Waals surface area contributed by atoms with Crippen molar-refractivity contribution in [2.75, 3.05) is 29.5 Å². The molecule has 0 aliphatic carbocycles. The van der Waals surface area contributed by atoms with Gasteiger partial charge >= 0.3 is 0 Å². The van der Waals surface area contributed by atoms with Crippen molar-refractivity contribution < 1.29 is 18.7 Å². The molecule has 2 saturated heterocycles. The lowest BCUT2D eigenvalue weighted by Gasteiger charge is -2.29. The molecule has 0 unspecified atom stereocenters. The summed E-state index contributed by atoms with van der Waals surface area (Å²) in [4.78, 5) is 28.9. The zero-order valence-electron chi connectivity index (χ0n) is 17.1. The van der Waals surface area contributed by atoms with Gasteiger partial charge in [0.2, 0.25) is 0 Å². The highest BCUT2D eigenvalue weighted by atomic mass is 32.1. The number of amides is 2. The van der Waals surface area contributed by atoms with E-state index in [0.29, 0.717) is 29.3 Å². The highest BCUT2D eigenvalue weighted by molar-refractivity contribution is 7.80. The van der Waals surface area contributed by atoms with Crippen LogP contribution in [0.5, 0.6) is 5.75 Å². The van der Waals surface area contributed by atoms with Gasteiger partial charge in [-0.05, 0) is 67.9 Å². The number of carbonyl (C=O) groups is 2. The van der Waals surface area contributed by atoms with Crippen LogP contribution in [0.4, 0.5) is 15.8 Å². The van der Waals surface area contributed by atoms with E-state index in [1.807, 2.05) is 11.8 Å². The number of hydrogen-bond acceptors (Lipinski definition) is 5. The molecule has 0 aromatic heterocycles. The van der Waals surface area contributed by atoms with Gasteiger partial charge in [-0.1, -0.05) is 12.1 Å². The molecular formula is C23H22FN3O3S. The van der Waals surface area contributed by atoms with Crippen LogP contribution in [0.1, 0.15) is 25.3 Å². The van der Waals surface area contributed by atoms with Crippen LogP contribution in [-0.4, -0.2) is 36.6 Å². The molecule has 31 heavy (non-hydrogen) atoms. The Morgan fingerprint density at radius 1 is 1.16 bits per heavy atom. The average Bonchev–Trinajstić information content (AvgIpc) is 3.26. The highest BCUT2D eigenvalue weighted by Gasteiger charge is 2.34. The number of anilines is 2. The largest absolute Gasteiger partial charge is 0.494 e. The summed E-state index contributed by atoms with van der Waals surface area (Å²) in [7, 11) is 0. The van der Waals surface area contributed by atoms with Crippen molar-refractivity contribution >= 4 is 46.6 Å². The number of halogens is 1. The summed E-state index contributed by atoms with van der Waals surface area (Å²) >= 11 is 5.23. The number of carbonyl (C=O) groups excluding carboxylic acids is 2. The molecule has 2 aromatic rings. The molecule has 160 valence electrons. The van der Waals surface area contributed by atoms with E-state index in [2.05, 4.69) is 5.32 Å². The van der Waals surface area contributed by atoms with Crippen LogP contribution in [-0.2, 0) is 9.59 Å². The standard InChI is InChI=1S/C23H22FN3O3S/c1-2-30-17-7-5-6-16(14-17)27-22(29)18(21(28)25-23(27)31)12-15-8-9-20(19(24)13-15)26-10-3-4-11-26/h5-9,12-14H,2-4,10-11H2,1H3,(H,25,28,31)/b18-12+. The molecule has 2 heterocycles. The zero-order valence-corrected chi connectivity index (χ0v) is 17.9. The van der Waals surface area contributed by atoms with E-state index in [1.54, 1.807) is 36.4 Å². The fourth-order valence-corrected chi connectivity index (χ4v) is 4.05. The molecule has 4 rings (SSSR count). The lowest BCUT2D eigenvalue weighted by molar-refractivity contribution is -0.122. The Balaban J connectivity index is 1.64. The minimum Gasteiger partial charge on any atom is -0.494 e. The number of ether oxygens (including phenoxy) is 1. The van der Waals surface area contributed by atoms with Crippen LogP contribution in [0.2, 0.25) is 0 Å². The molecule has 8 heteroatoms. The number of rotatable bonds is 5. The maximum atomic E-state index is 14.7. The van der Waals surface area contributed by atoms with Crippen LogP contribution in [0.15, 0.2) is 48.0 Å². The number of hydrogen-bond donors (Lipinski definition) is 1. The molecule has 2 amide bonds. The van der Waals surface area contributed by atoms with E-state index in [9.17, 15) is 14.0 Å². The average molecular weight is 440 g/mol. The van der Waals surface area contributed by atoms with E-state index < -0.39 is 11.8 Å². The third-order valence-electron chi connectivity index (χ3n) is 5.22. The van der Waals surface area contributed by atoms with Crippen molar-refractivity contribution in [2.45, 2.75) is 19.8 Å². The maximum Gasteiger partial charge on any atom is 0.270 e. The van der Waals surface area contributed by atoms with E-state index in [4.69, 9.17) is 17.0 Å². The van der Waals surface area contributed by atoms with E-state index in [-0.39, 0.29) is 16.5 Å². The maximum absolute atomic E-state index is 14.7. The first-order valence-electron chi connectivity index (χ1n) is 10.2. The Kier molecular flexibility index (Phi) is 5.99. The Morgan fingerprint density at radius 3 is 2.65 bits per heavy atom. The number of nitrogens with zero attached hydrogens (tertiary/aromatic N) is 2. The summed E-state index contributed by atoms with van der Waals surface area (Å²) in [6.45, 7) is 3.98. The Bertz CT molecular complexity index is 1080. The van der Waals surface area contributed by atoms with Gasteiger partial charge in [0.05, 0.1) is 18.0 Å². The summed E-state index contributed by atoms with van der Waals surface area (Å²) in [5.74, 6) is -0.989.